The quantitative estimate of drug-likeness (QED) is 0.378. The molecule has 0 aromatic heterocycles. The van der Waals surface area contributed by atoms with Crippen molar-refractivity contribution in [1.29, 1.82) is 0 Å². The SMILES string of the molecule is CCNCCOc1ccc2c3cc(=O)c(OCCNCC)cc-3c[nH]c2c1. The highest BCUT2D eigenvalue weighted by Gasteiger charge is 2.12. The van der Waals surface area contributed by atoms with E-state index in [1.54, 1.807) is 12.1 Å². The third kappa shape index (κ3) is 4.78. The van der Waals surface area contributed by atoms with Crippen LogP contribution in [0.2, 0.25) is 0 Å². The van der Waals surface area contributed by atoms with Crippen molar-refractivity contribution < 1.29 is 9.47 Å². The number of ether oxygens (including phenoxy) is 2. The van der Waals surface area contributed by atoms with Crippen LogP contribution in [0.5, 0.6) is 11.5 Å². The summed E-state index contributed by atoms with van der Waals surface area (Å²) in [6.45, 7) is 8.53. The second-order valence-corrected chi connectivity index (χ2v) is 6.29. The number of benzene rings is 2. The minimum Gasteiger partial charge on any atom is -0.492 e. The Morgan fingerprint density at radius 1 is 0.963 bits per heavy atom. The maximum absolute atomic E-state index is 12.4. The molecule has 0 fully saturated rings. The number of aromatic amines is 1. The van der Waals surface area contributed by atoms with Gasteiger partial charge in [0.2, 0.25) is 5.43 Å². The highest BCUT2D eigenvalue weighted by molar-refractivity contribution is 5.96. The first-order valence-corrected chi connectivity index (χ1v) is 9.49. The topological polar surface area (TPSA) is 75.4 Å². The molecule has 1 aromatic rings. The first-order chi connectivity index (χ1) is 13.2. The number of hydrogen-bond donors (Lipinski definition) is 3. The Kier molecular flexibility index (Phi) is 6.68. The monoisotopic (exact) mass is 369 g/mol. The third-order valence-corrected chi connectivity index (χ3v) is 4.36. The molecule has 3 N–H and O–H groups in total. The summed E-state index contributed by atoms with van der Waals surface area (Å²) in [5.41, 5.74) is 2.69. The summed E-state index contributed by atoms with van der Waals surface area (Å²) in [4.78, 5) is 15.7. The number of rotatable bonds is 10. The molecule has 2 aliphatic rings. The summed E-state index contributed by atoms with van der Waals surface area (Å²) in [6.07, 6.45) is 1.90. The molecule has 0 bridgehead atoms. The van der Waals surface area contributed by atoms with E-state index in [1.165, 1.54) is 0 Å². The summed E-state index contributed by atoms with van der Waals surface area (Å²) >= 11 is 0. The van der Waals surface area contributed by atoms with Gasteiger partial charge in [0.15, 0.2) is 5.75 Å². The summed E-state index contributed by atoms with van der Waals surface area (Å²) < 4.78 is 11.4. The molecule has 0 saturated carbocycles. The summed E-state index contributed by atoms with van der Waals surface area (Å²) in [6, 6.07) is 9.35. The molecule has 1 aliphatic carbocycles. The predicted molar refractivity (Wildman–Crippen MR) is 109 cm³/mol. The maximum Gasteiger partial charge on any atom is 0.221 e. The van der Waals surface area contributed by atoms with Gasteiger partial charge in [-0.1, -0.05) is 13.8 Å². The van der Waals surface area contributed by atoms with E-state index < -0.39 is 0 Å². The number of nitrogens with one attached hydrogen (secondary N) is 3. The van der Waals surface area contributed by atoms with Crippen molar-refractivity contribution in [2.75, 3.05) is 39.4 Å². The fraction of sp³-hybridized carbons (Fsp3) is 0.381. The maximum atomic E-state index is 12.4. The van der Waals surface area contributed by atoms with Crippen molar-refractivity contribution in [2.45, 2.75) is 13.8 Å². The van der Waals surface area contributed by atoms with Crippen molar-refractivity contribution in [3.63, 3.8) is 0 Å². The number of hydrogen-bond acceptors (Lipinski definition) is 5. The van der Waals surface area contributed by atoms with Crippen LogP contribution in [0.25, 0.3) is 22.0 Å². The van der Waals surface area contributed by atoms with Crippen molar-refractivity contribution in [2.24, 2.45) is 0 Å². The summed E-state index contributed by atoms with van der Waals surface area (Å²) in [7, 11) is 0. The van der Waals surface area contributed by atoms with Crippen molar-refractivity contribution in [3.8, 4) is 22.6 Å². The smallest absolute Gasteiger partial charge is 0.221 e. The Labute approximate surface area is 159 Å². The number of likely N-dealkylation sites (N-methyl/N-ethyl adjacent to an activating group) is 2. The molecule has 6 nitrogen and oxygen atoms in total. The van der Waals surface area contributed by atoms with Crippen molar-refractivity contribution >= 4 is 10.9 Å². The summed E-state index contributed by atoms with van der Waals surface area (Å²) in [5, 5.41) is 7.40. The number of fused-ring (bicyclic) bond motifs is 3. The van der Waals surface area contributed by atoms with Gasteiger partial charge in [0.25, 0.3) is 0 Å². The zero-order valence-corrected chi connectivity index (χ0v) is 15.9. The van der Waals surface area contributed by atoms with Crippen LogP contribution in [-0.4, -0.2) is 44.4 Å². The largest absolute Gasteiger partial charge is 0.492 e. The van der Waals surface area contributed by atoms with Crippen LogP contribution in [0, 0.1) is 0 Å². The van der Waals surface area contributed by atoms with E-state index in [0.29, 0.717) is 25.5 Å². The van der Waals surface area contributed by atoms with Gasteiger partial charge in [0.05, 0.1) is 0 Å². The van der Waals surface area contributed by atoms with Gasteiger partial charge in [-0.15, -0.1) is 0 Å². The van der Waals surface area contributed by atoms with E-state index >= 15 is 0 Å². The van der Waals surface area contributed by atoms with Crippen LogP contribution in [0.1, 0.15) is 13.8 Å². The zero-order valence-electron chi connectivity index (χ0n) is 15.9. The lowest BCUT2D eigenvalue weighted by molar-refractivity contribution is 0.313. The molecule has 6 heteroatoms. The van der Waals surface area contributed by atoms with E-state index in [-0.39, 0.29) is 5.43 Å². The van der Waals surface area contributed by atoms with Crippen molar-refractivity contribution in [3.05, 3.63) is 46.8 Å². The fourth-order valence-electron chi connectivity index (χ4n) is 2.99. The van der Waals surface area contributed by atoms with E-state index in [1.807, 2.05) is 31.3 Å². The van der Waals surface area contributed by atoms with Gasteiger partial charge < -0.3 is 25.1 Å². The molecule has 27 heavy (non-hydrogen) atoms. The lowest BCUT2D eigenvalue weighted by Gasteiger charge is -2.13. The predicted octanol–water partition coefficient (Wildman–Crippen LogP) is 2.61. The first-order valence-electron chi connectivity index (χ1n) is 9.49. The first kappa shape index (κ1) is 19.2. The molecule has 0 radical (unpaired) electrons. The Balaban J connectivity index is 1.82. The number of pyridine rings is 1. The molecule has 0 unspecified atom stereocenters. The Hall–Kier alpha value is -2.57. The average Bonchev–Trinajstić information content (AvgIpc) is 2.68. The van der Waals surface area contributed by atoms with E-state index in [4.69, 9.17) is 9.47 Å². The molecule has 0 spiro atoms. The van der Waals surface area contributed by atoms with Gasteiger partial charge in [0.1, 0.15) is 19.0 Å². The Bertz CT molecular complexity index is 907. The molecule has 1 aromatic carbocycles. The second-order valence-electron chi connectivity index (χ2n) is 6.29. The molecule has 0 saturated heterocycles. The summed E-state index contributed by atoms with van der Waals surface area (Å²) in [5.74, 6) is 1.19. The van der Waals surface area contributed by atoms with Crippen LogP contribution in [0.15, 0.2) is 41.3 Å². The van der Waals surface area contributed by atoms with E-state index in [2.05, 4.69) is 22.5 Å². The van der Waals surface area contributed by atoms with Gasteiger partial charge in [-0.25, -0.2) is 0 Å². The van der Waals surface area contributed by atoms with Gasteiger partial charge in [-0.3, -0.25) is 4.79 Å². The third-order valence-electron chi connectivity index (χ3n) is 4.36. The highest BCUT2D eigenvalue weighted by atomic mass is 16.5. The number of H-pyrrole nitrogens is 1. The lowest BCUT2D eigenvalue weighted by atomic mass is 10.00. The molecule has 1 heterocycles. The van der Waals surface area contributed by atoms with E-state index in [0.717, 1.165) is 47.4 Å². The molecule has 3 rings (SSSR count). The zero-order chi connectivity index (χ0) is 19.1. The Morgan fingerprint density at radius 2 is 1.70 bits per heavy atom. The minimum atomic E-state index is -0.0996. The van der Waals surface area contributed by atoms with Gasteiger partial charge in [0, 0.05) is 41.8 Å². The van der Waals surface area contributed by atoms with Gasteiger partial charge >= 0.3 is 0 Å². The van der Waals surface area contributed by atoms with E-state index in [9.17, 15) is 4.79 Å². The normalized spacial score (nSPS) is 11.2. The second kappa shape index (κ2) is 9.39. The number of aromatic nitrogens is 1. The molecule has 0 amide bonds. The highest BCUT2D eigenvalue weighted by Crippen LogP contribution is 2.31. The standard InChI is InChI=1S/C21H27N3O3/c1-3-22-7-9-26-16-5-6-17-18-13-20(25)21(27-10-8-23-4-2)11-15(18)14-24-19(17)12-16/h5-6,11-14,22-24H,3-4,7-10H2,1-2H3. The Morgan fingerprint density at radius 3 is 2.44 bits per heavy atom. The average molecular weight is 369 g/mol. The molecule has 144 valence electrons. The van der Waals surface area contributed by atoms with Crippen LogP contribution < -0.4 is 25.5 Å². The molecule has 1 aliphatic heterocycles. The van der Waals surface area contributed by atoms with Crippen LogP contribution in [0.4, 0.5) is 0 Å². The van der Waals surface area contributed by atoms with Crippen LogP contribution in [0.3, 0.4) is 0 Å². The lowest BCUT2D eigenvalue weighted by Crippen LogP contribution is -2.22. The minimum absolute atomic E-state index is 0.0996. The molecule has 0 atom stereocenters. The van der Waals surface area contributed by atoms with Crippen LogP contribution >= 0.6 is 0 Å². The molecular formula is C21H27N3O3. The van der Waals surface area contributed by atoms with Gasteiger partial charge in [-0.05, 0) is 42.9 Å². The molecular weight excluding hydrogens is 342 g/mol. The van der Waals surface area contributed by atoms with Gasteiger partial charge in [-0.2, -0.15) is 0 Å². The fourth-order valence-corrected chi connectivity index (χ4v) is 2.99. The van der Waals surface area contributed by atoms with Crippen molar-refractivity contribution in [1.82, 2.24) is 15.6 Å². The van der Waals surface area contributed by atoms with Crippen LogP contribution in [-0.2, 0) is 0 Å².